The van der Waals surface area contributed by atoms with Crippen LogP contribution in [0.5, 0.6) is 0 Å². The molecule has 2 N–H and O–H groups in total. The minimum atomic E-state index is -0.882. The summed E-state index contributed by atoms with van der Waals surface area (Å²) in [5.41, 5.74) is 0.314. The van der Waals surface area contributed by atoms with Gasteiger partial charge in [0.25, 0.3) is 5.91 Å². The van der Waals surface area contributed by atoms with Gasteiger partial charge in [0.1, 0.15) is 5.76 Å². The molecule has 1 aromatic rings. The number of hydrogen-bond donors (Lipinski definition) is 2. The normalized spacial score (nSPS) is 18.2. The van der Waals surface area contributed by atoms with Crippen molar-refractivity contribution in [2.45, 2.75) is 56.9 Å². The van der Waals surface area contributed by atoms with Crippen molar-refractivity contribution in [1.82, 2.24) is 15.4 Å². The van der Waals surface area contributed by atoms with Gasteiger partial charge in [-0.25, -0.2) is 0 Å². The molecule has 8 heteroatoms. The Bertz CT molecular complexity index is 644. The number of carboxylic acid groups (broad SMARTS) is 1. The standard InChI is InChI=1S/C17H23N3O5/c21-15(2-1-3-16(22)23)20-8-6-12(7-9-20)18-17(24)13-10-14(25-19-13)11-4-5-11/h10-12H,1-9H2,(H,18,24)(H,22,23). The van der Waals surface area contributed by atoms with E-state index in [1.54, 1.807) is 11.0 Å². The zero-order chi connectivity index (χ0) is 17.8. The van der Waals surface area contributed by atoms with Crippen molar-refractivity contribution in [3.8, 4) is 0 Å². The zero-order valence-electron chi connectivity index (χ0n) is 14.1. The van der Waals surface area contributed by atoms with Gasteiger partial charge in [0.05, 0.1) is 0 Å². The van der Waals surface area contributed by atoms with Crippen molar-refractivity contribution in [1.29, 1.82) is 0 Å². The van der Waals surface area contributed by atoms with Gasteiger partial charge in [-0.05, 0) is 32.1 Å². The highest BCUT2D eigenvalue weighted by Crippen LogP contribution is 2.40. The monoisotopic (exact) mass is 349 g/mol. The summed E-state index contributed by atoms with van der Waals surface area (Å²) in [6.07, 6.45) is 4.18. The molecule has 8 nitrogen and oxygen atoms in total. The number of carbonyl (C=O) groups is 3. The molecular formula is C17H23N3O5. The smallest absolute Gasteiger partial charge is 0.303 e. The van der Waals surface area contributed by atoms with Crippen molar-refractivity contribution in [2.24, 2.45) is 0 Å². The molecule has 0 radical (unpaired) electrons. The maximum atomic E-state index is 12.2. The third-order valence-corrected chi connectivity index (χ3v) is 4.70. The Morgan fingerprint density at radius 2 is 1.92 bits per heavy atom. The molecule has 1 aliphatic carbocycles. The van der Waals surface area contributed by atoms with Crippen LogP contribution >= 0.6 is 0 Å². The molecule has 1 aromatic heterocycles. The van der Waals surface area contributed by atoms with E-state index in [0.717, 1.165) is 18.6 Å². The van der Waals surface area contributed by atoms with Gasteiger partial charge in [-0.15, -0.1) is 0 Å². The number of nitrogens with zero attached hydrogens (tertiary/aromatic N) is 2. The van der Waals surface area contributed by atoms with E-state index in [2.05, 4.69) is 10.5 Å². The van der Waals surface area contributed by atoms with E-state index < -0.39 is 5.97 Å². The van der Waals surface area contributed by atoms with Gasteiger partial charge in [0.2, 0.25) is 5.91 Å². The minimum absolute atomic E-state index is 0.0108. The highest BCUT2D eigenvalue weighted by Gasteiger charge is 2.30. The van der Waals surface area contributed by atoms with Crippen LogP contribution in [-0.2, 0) is 9.59 Å². The first-order valence-electron chi connectivity index (χ1n) is 8.80. The summed E-state index contributed by atoms with van der Waals surface area (Å²) in [5, 5.41) is 15.4. The second-order valence-electron chi connectivity index (χ2n) is 6.76. The topological polar surface area (TPSA) is 113 Å². The first-order valence-corrected chi connectivity index (χ1v) is 8.80. The highest BCUT2D eigenvalue weighted by molar-refractivity contribution is 5.92. The molecule has 25 heavy (non-hydrogen) atoms. The highest BCUT2D eigenvalue weighted by atomic mass is 16.5. The van der Waals surface area contributed by atoms with E-state index in [-0.39, 0.29) is 30.7 Å². The Morgan fingerprint density at radius 3 is 2.56 bits per heavy atom. The lowest BCUT2D eigenvalue weighted by Crippen LogP contribution is -2.46. The molecule has 1 saturated heterocycles. The summed E-state index contributed by atoms with van der Waals surface area (Å²) in [5.74, 6) is 0.0711. The van der Waals surface area contributed by atoms with Crippen molar-refractivity contribution < 1.29 is 24.0 Å². The Kier molecular flexibility index (Phi) is 5.35. The maximum Gasteiger partial charge on any atom is 0.303 e. The predicted molar refractivity (Wildman–Crippen MR) is 87.0 cm³/mol. The molecular weight excluding hydrogens is 326 g/mol. The lowest BCUT2D eigenvalue weighted by atomic mass is 10.0. The molecule has 0 aromatic carbocycles. The number of hydrogen-bond acceptors (Lipinski definition) is 5. The Hall–Kier alpha value is -2.38. The van der Waals surface area contributed by atoms with E-state index in [1.165, 1.54) is 0 Å². The summed E-state index contributed by atoms with van der Waals surface area (Å²) in [6.45, 7) is 1.14. The van der Waals surface area contributed by atoms with Crippen molar-refractivity contribution in [3.05, 3.63) is 17.5 Å². The zero-order valence-corrected chi connectivity index (χ0v) is 14.1. The number of piperidine rings is 1. The number of amides is 2. The second-order valence-corrected chi connectivity index (χ2v) is 6.76. The van der Waals surface area contributed by atoms with Crippen LogP contribution in [0.25, 0.3) is 0 Å². The fourth-order valence-electron chi connectivity index (χ4n) is 3.04. The van der Waals surface area contributed by atoms with Crippen LogP contribution in [0.1, 0.15) is 67.1 Å². The number of aromatic nitrogens is 1. The summed E-state index contributed by atoms with van der Waals surface area (Å²) < 4.78 is 5.20. The van der Waals surface area contributed by atoms with Gasteiger partial charge >= 0.3 is 5.97 Å². The quantitative estimate of drug-likeness (QED) is 0.772. The van der Waals surface area contributed by atoms with E-state index in [9.17, 15) is 14.4 Å². The Labute approximate surface area is 145 Å². The molecule has 2 fully saturated rings. The average molecular weight is 349 g/mol. The van der Waals surface area contributed by atoms with Crippen LogP contribution in [0.2, 0.25) is 0 Å². The first kappa shape index (κ1) is 17.4. The van der Waals surface area contributed by atoms with E-state index in [4.69, 9.17) is 9.63 Å². The lowest BCUT2D eigenvalue weighted by molar-refractivity contribution is -0.137. The molecule has 136 valence electrons. The molecule has 2 heterocycles. The van der Waals surface area contributed by atoms with Gasteiger partial charge in [0.15, 0.2) is 5.69 Å². The lowest BCUT2D eigenvalue weighted by Gasteiger charge is -2.32. The van der Waals surface area contributed by atoms with Gasteiger partial charge in [-0.2, -0.15) is 0 Å². The van der Waals surface area contributed by atoms with E-state index in [0.29, 0.717) is 44.0 Å². The average Bonchev–Trinajstić information content (AvgIpc) is 3.32. The molecule has 0 spiro atoms. The number of aliphatic carboxylic acids is 1. The third kappa shape index (κ3) is 4.80. The van der Waals surface area contributed by atoms with Crippen molar-refractivity contribution in [2.75, 3.05) is 13.1 Å². The molecule has 0 bridgehead atoms. The molecule has 2 aliphatic rings. The van der Waals surface area contributed by atoms with Crippen LogP contribution in [0.3, 0.4) is 0 Å². The molecule has 1 aliphatic heterocycles. The van der Waals surface area contributed by atoms with Crippen LogP contribution in [-0.4, -0.2) is 52.1 Å². The summed E-state index contributed by atoms with van der Waals surface area (Å²) >= 11 is 0. The van der Waals surface area contributed by atoms with Crippen molar-refractivity contribution in [3.63, 3.8) is 0 Å². The van der Waals surface area contributed by atoms with Gasteiger partial charge in [0, 0.05) is 44.0 Å². The van der Waals surface area contributed by atoms with Gasteiger partial charge in [-0.1, -0.05) is 5.16 Å². The number of rotatable bonds is 7. The fraction of sp³-hybridized carbons (Fsp3) is 0.647. The maximum absolute atomic E-state index is 12.2. The first-order chi connectivity index (χ1) is 12.0. The van der Waals surface area contributed by atoms with Crippen LogP contribution in [0, 0.1) is 0 Å². The van der Waals surface area contributed by atoms with Gasteiger partial charge in [-0.3, -0.25) is 14.4 Å². The predicted octanol–water partition coefficient (Wildman–Crippen LogP) is 1.53. The van der Waals surface area contributed by atoms with Crippen LogP contribution in [0.15, 0.2) is 10.6 Å². The largest absolute Gasteiger partial charge is 0.481 e. The number of carbonyl (C=O) groups excluding carboxylic acids is 2. The van der Waals surface area contributed by atoms with E-state index in [1.807, 2.05) is 0 Å². The third-order valence-electron chi connectivity index (χ3n) is 4.70. The molecule has 1 saturated carbocycles. The van der Waals surface area contributed by atoms with Crippen LogP contribution < -0.4 is 5.32 Å². The second kappa shape index (κ2) is 7.67. The number of nitrogens with one attached hydrogen (secondary N) is 1. The summed E-state index contributed by atoms with van der Waals surface area (Å²) in [4.78, 5) is 36.5. The summed E-state index contributed by atoms with van der Waals surface area (Å²) in [6, 6.07) is 1.73. The molecule has 0 atom stereocenters. The van der Waals surface area contributed by atoms with Crippen LogP contribution in [0.4, 0.5) is 0 Å². The van der Waals surface area contributed by atoms with E-state index >= 15 is 0 Å². The number of likely N-dealkylation sites (tertiary alicyclic amines) is 1. The summed E-state index contributed by atoms with van der Waals surface area (Å²) in [7, 11) is 0. The Morgan fingerprint density at radius 1 is 1.20 bits per heavy atom. The Balaban J connectivity index is 1.40. The number of carboxylic acids is 1. The molecule has 2 amide bonds. The van der Waals surface area contributed by atoms with Gasteiger partial charge < -0.3 is 19.8 Å². The molecule has 3 rings (SSSR count). The minimum Gasteiger partial charge on any atom is -0.481 e. The SMILES string of the molecule is O=C(O)CCCC(=O)N1CCC(NC(=O)c2cc(C3CC3)on2)CC1. The fourth-order valence-corrected chi connectivity index (χ4v) is 3.04. The van der Waals surface area contributed by atoms with Crippen molar-refractivity contribution >= 4 is 17.8 Å². The molecule has 0 unspecified atom stereocenters.